The van der Waals surface area contributed by atoms with Gasteiger partial charge in [0.25, 0.3) is 0 Å². The first-order valence-corrected chi connectivity index (χ1v) is 10.8. The van der Waals surface area contributed by atoms with Crippen LogP contribution in [0.15, 0.2) is 89.7 Å². The molecule has 4 heteroatoms. The molecule has 0 aliphatic heterocycles. The van der Waals surface area contributed by atoms with E-state index in [4.69, 9.17) is 21.3 Å². The highest BCUT2D eigenvalue weighted by atomic mass is 32.4. The van der Waals surface area contributed by atoms with Crippen molar-refractivity contribution >= 4 is 34.3 Å². The number of nitrogens with zero attached hydrogens (tertiary/aromatic N) is 1. The van der Waals surface area contributed by atoms with Crippen LogP contribution in [0.4, 0.5) is 0 Å². The molecule has 0 aliphatic rings. The van der Waals surface area contributed by atoms with Gasteiger partial charge in [0.15, 0.2) is 0 Å². The second-order valence-electron chi connectivity index (χ2n) is 5.66. The van der Waals surface area contributed by atoms with Crippen molar-refractivity contribution in [2.45, 2.75) is 6.92 Å². The predicted molar refractivity (Wildman–Crippen MR) is 112 cm³/mol. The van der Waals surface area contributed by atoms with Gasteiger partial charge < -0.3 is 4.74 Å². The summed E-state index contributed by atoms with van der Waals surface area (Å²) in [6.07, 6.45) is -2.27. The van der Waals surface area contributed by atoms with E-state index in [1.165, 1.54) is 0 Å². The van der Waals surface area contributed by atoms with Gasteiger partial charge in [-0.05, 0) is 36.8 Å². The van der Waals surface area contributed by atoms with Crippen molar-refractivity contribution in [3.05, 3.63) is 90.5 Å². The predicted octanol–water partition coefficient (Wildman–Crippen LogP) is 4.55. The summed E-state index contributed by atoms with van der Waals surface area (Å²) in [5.74, 6) is 0.835. The van der Waals surface area contributed by atoms with Gasteiger partial charge in [0.05, 0.1) is 7.11 Å². The minimum Gasteiger partial charge on any atom is -0.497 e. The number of methoxy groups -OCH3 is 1. The standard InChI is InChI=1S/C21H20NOPS/c1-17(18-13-15-19(23-2)16-14-18)22-24(25,20-9-5-3-6-10-20)21-11-7-4-8-12-21/h3-16H,1-2H3/b22-17+. The lowest BCUT2D eigenvalue weighted by Crippen LogP contribution is -2.15. The molecular weight excluding hydrogens is 345 g/mol. The van der Waals surface area contributed by atoms with Crippen molar-refractivity contribution in [1.82, 2.24) is 0 Å². The third kappa shape index (κ3) is 3.89. The summed E-state index contributed by atoms with van der Waals surface area (Å²) in [6, 6.07) is 28.4. The van der Waals surface area contributed by atoms with Crippen LogP contribution in [0.25, 0.3) is 0 Å². The topological polar surface area (TPSA) is 21.6 Å². The lowest BCUT2D eigenvalue weighted by Gasteiger charge is -2.20. The lowest BCUT2D eigenvalue weighted by atomic mass is 10.1. The molecule has 3 aromatic rings. The third-order valence-electron chi connectivity index (χ3n) is 4.01. The smallest absolute Gasteiger partial charge is 0.118 e. The van der Waals surface area contributed by atoms with Gasteiger partial charge in [0.1, 0.15) is 11.9 Å². The molecule has 25 heavy (non-hydrogen) atoms. The van der Waals surface area contributed by atoms with Crippen LogP contribution in [0.1, 0.15) is 12.5 Å². The molecule has 0 bridgehead atoms. The monoisotopic (exact) mass is 365 g/mol. The number of hydrogen-bond donors (Lipinski definition) is 0. The first-order chi connectivity index (χ1) is 12.1. The maximum atomic E-state index is 6.16. The van der Waals surface area contributed by atoms with Crippen LogP contribution in [0.2, 0.25) is 0 Å². The van der Waals surface area contributed by atoms with Crippen molar-refractivity contribution in [1.29, 1.82) is 0 Å². The number of hydrogen-bond acceptors (Lipinski definition) is 2. The first-order valence-electron chi connectivity index (χ1n) is 8.06. The fourth-order valence-electron chi connectivity index (χ4n) is 2.63. The Hall–Kier alpha value is -2.22. The largest absolute Gasteiger partial charge is 0.497 e. The van der Waals surface area contributed by atoms with Crippen LogP contribution in [0.3, 0.4) is 0 Å². The van der Waals surface area contributed by atoms with Gasteiger partial charge >= 0.3 is 0 Å². The summed E-state index contributed by atoms with van der Waals surface area (Å²) in [7, 11) is 1.67. The van der Waals surface area contributed by atoms with Crippen LogP contribution in [-0.2, 0) is 11.8 Å². The zero-order chi connectivity index (χ0) is 17.7. The molecule has 0 N–H and O–H groups in total. The molecule has 0 atom stereocenters. The Labute approximate surface area is 154 Å². The Morgan fingerprint density at radius 1 is 0.800 bits per heavy atom. The molecule has 0 fully saturated rings. The van der Waals surface area contributed by atoms with Gasteiger partial charge in [0.2, 0.25) is 0 Å². The molecule has 2 nitrogen and oxygen atoms in total. The fourth-order valence-corrected chi connectivity index (χ4v) is 5.94. The van der Waals surface area contributed by atoms with E-state index in [1.807, 2.05) is 67.6 Å². The summed E-state index contributed by atoms with van der Waals surface area (Å²) in [4.78, 5) is 0. The molecule has 3 aromatic carbocycles. The van der Waals surface area contributed by atoms with Crippen molar-refractivity contribution < 1.29 is 4.74 Å². The van der Waals surface area contributed by atoms with Crippen molar-refractivity contribution in [2.24, 2.45) is 4.76 Å². The van der Waals surface area contributed by atoms with Crippen LogP contribution < -0.4 is 15.3 Å². The van der Waals surface area contributed by atoms with Crippen LogP contribution in [-0.4, -0.2) is 12.8 Å². The van der Waals surface area contributed by atoms with E-state index in [0.717, 1.165) is 27.6 Å². The number of rotatable bonds is 5. The number of benzene rings is 3. The van der Waals surface area contributed by atoms with E-state index in [0.29, 0.717) is 0 Å². The molecule has 0 aliphatic carbocycles. The summed E-state index contributed by atoms with van der Waals surface area (Å²) in [6.45, 7) is 2.02. The number of ether oxygens (including phenoxy) is 1. The molecule has 0 saturated carbocycles. The van der Waals surface area contributed by atoms with Gasteiger partial charge in [-0.2, -0.15) is 0 Å². The zero-order valence-corrected chi connectivity index (χ0v) is 16.0. The van der Waals surface area contributed by atoms with Gasteiger partial charge in [-0.3, -0.25) is 0 Å². The van der Waals surface area contributed by atoms with Gasteiger partial charge in [-0.1, -0.05) is 72.5 Å². The summed E-state index contributed by atoms with van der Waals surface area (Å²) in [5.41, 5.74) is 2.00. The van der Waals surface area contributed by atoms with Gasteiger partial charge in [-0.25, -0.2) is 4.76 Å². The summed E-state index contributed by atoms with van der Waals surface area (Å²) < 4.78 is 10.3. The Kier molecular flexibility index (Phi) is 5.47. The van der Waals surface area contributed by atoms with E-state index in [9.17, 15) is 0 Å². The van der Waals surface area contributed by atoms with E-state index in [2.05, 4.69) is 24.3 Å². The van der Waals surface area contributed by atoms with Crippen molar-refractivity contribution in [2.75, 3.05) is 7.11 Å². The van der Waals surface area contributed by atoms with Crippen molar-refractivity contribution in [3.63, 3.8) is 0 Å². The summed E-state index contributed by atoms with van der Waals surface area (Å²) >= 11 is 6.16. The fraction of sp³-hybridized carbons (Fsp3) is 0.0952. The third-order valence-corrected chi connectivity index (χ3v) is 8.10. The van der Waals surface area contributed by atoms with Crippen LogP contribution in [0, 0.1) is 0 Å². The SMILES string of the molecule is COc1ccc(/C(C)=N/P(=S)(c2ccccc2)c2ccccc2)cc1. The molecular formula is C21H20NOPS. The summed E-state index contributed by atoms with van der Waals surface area (Å²) in [5, 5.41) is 2.20. The Morgan fingerprint density at radius 2 is 1.28 bits per heavy atom. The van der Waals surface area contributed by atoms with E-state index < -0.39 is 6.19 Å². The molecule has 0 saturated heterocycles. The molecule has 0 aromatic heterocycles. The van der Waals surface area contributed by atoms with Crippen LogP contribution in [0.5, 0.6) is 5.75 Å². The van der Waals surface area contributed by atoms with Crippen molar-refractivity contribution in [3.8, 4) is 5.75 Å². The highest BCUT2D eigenvalue weighted by Crippen LogP contribution is 2.46. The molecule has 0 unspecified atom stereocenters. The second kappa shape index (κ2) is 7.77. The average molecular weight is 365 g/mol. The Morgan fingerprint density at radius 3 is 1.72 bits per heavy atom. The minimum absolute atomic E-state index is 0.835. The molecule has 0 amide bonds. The maximum Gasteiger partial charge on any atom is 0.118 e. The molecule has 126 valence electrons. The van der Waals surface area contributed by atoms with E-state index in [1.54, 1.807) is 7.11 Å². The molecule has 0 heterocycles. The maximum absolute atomic E-state index is 6.16. The van der Waals surface area contributed by atoms with Crippen LogP contribution >= 0.6 is 6.19 Å². The second-order valence-corrected chi connectivity index (χ2v) is 9.63. The molecule has 3 rings (SSSR count). The van der Waals surface area contributed by atoms with Gasteiger partial charge in [-0.15, -0.1) is 0 Å². The quantitative estimate of drug-likeness (QED) is 0.489. The first kappa shape index (κ1) is 17.6. The van der Waals surface area contributed by atoms with Gasteiger partial charge in [0, 0.05) is 16.3 Å². The highest BCUT2D eigenvalue weighted by Gasteiger charge is 2.21. The average Bonchev–Trinajstić information content (AvgIpc) is 2.69. The normalized spacial score (nSPS) is 12.0. The zero-order valence-electron chi connectivity index (χ0n) is 14.3. The highest BCUT2D eigenvalue weighted by molar-refractivity contribution is 8.21. The Bertz CT molecular complexity index is 862. The molecule has 0 radical (unpaired) electrons. The lowest BCUT2D eigenvalue weighted by molar-refractivity contribution is 0.415. The van der Waals surface area contributed by atoms with E-state index in [-0.39, 0.29) is 0 Å². The minimum atomic E-state index is -2.27. The van der Waals surface area contributed by atoms with E-state index >= 15 is 0 Å². The Balaban J connectivity index is 2.10. The molecule has 0 spiro atoms.